The summed E-state index contributed by atoms with van der Waals surface area (Å²) >= 11 is 0. The van der Waals surface area contributed by atoms with Crippen LogP contribution in [0.1, 0.15) is 0 Å². The van der Waals surface area contributed by atoms with E-state index < -0.39 is 0 Å². The number of hydrogen-bond acceptors (Lipinski definition) is 5. The Morgan fingerprint density at radius 2 is 1.83 bits per heavy atom. The maximum atomic E-state index is 5.71. The molecule has 0 aliphatic rings. The second-order valence-corrected chi connectivity index (χ2v) is 3.91. The van der Waals surface area contributed by atoms with Crippen molar-refractivity contribution in [2.45, 2.75) is 0 Å². The summed E-state index contributed by atoms with van der Waals surface area (Å²) in [5.74, 6) is 0.848. The molecule has 0 radical (unpaired) electrons. The Labute approximate surface area is 104 Å². The van der Waals surface area contributed by atoms with Gasteiger partial charge < -0.3 is 11.5 Å². The lowest BCUT2D eigenvalue weighted by Gasteiger charge is -2.06. The Kier molecular flexibility index (Phi) is 2.30. The number of rotatable bonds is 1. The number of benzene rings is 1. The monoisotopic (exact) mass is 237 g/mol. The first-order valence-electron chi connectivity index (χ1n) is 5.48. The summed E-state index contributed by atoms with van der Waals surface area (Å²) < 4.78 is 0. The van der Waals surface area contributed by atoms with Crippen molar-refractivity contribution < 1.29 is 0 Å². The van der Waals surface area contributed by atoms with Crippen LogP contribution in [0.5, 0.6) is 0 Å². The second kappa shape index (κ2) is 3.96. The average Bonchev–Trinajstić information content (AvgIpc) is 2.41. The van der Waals surface area contributed by atoms with Crippen LogP contribution in [0.2, 0.25) is 0 Å². The first-order chi connectivity index (χ1) is 8.75. The Morgan fingerprint density at radius 1 is 0.944 bits per heavy atom. The molecule has 0 bridgehead atoms. The van der Waals surface area contributed by atoms with Crippen LogP contribution in [0.25, 0.3) is 22.3 Å². The predicted octanol–water partition coefficient (Wildman–Crippen LogP) is 1.86. The van der Waals surface area contributed by atoms with Crippen LogP contribution in [0.15, 0.2) is 42.7 Å². The van der Waals surface area contributed by atoms with Crippen LogP contribution in [-0.4, -0.2) is 15.0 Å². The van der Waals surface area contributed by atoms with Gasteiger partial charge in [0.1, 0.15) is 0 Å². The highest BCUT2D eigenvalue weighted by molar-refractivity contribution is 5.92. The number of fused-ring (bicyclic) bond motifs is 1. The lowest BCUT2D eigenvalue weighted by atomic mass is 10.1. The average molecular weight is 237 g/mol. The van der Waals surface area contributed by atoms with E-state index in [2.05, 4.69) is 15.0 Å². The van der Waals surface area contributed by atoms with E-state index >= 15 is 0 Å². The zero-order chi connectivity index (χ0) is 12.5. The first kappa shape index (κ1) is 10.5. The maximum absolute atomic E-state index is 5.71. The molecule has 0 spiro atoms. The molecular formula is C13H11N5. The zero-order valence-corrected chi connectivity index (χ0v) is 9.54. The van der Waals surface area contributed by atoms with Crippen molar-refractivity contribution in [2.75, 3.05) is 11.5 Å². The Balaban J connectivity index is 2.28. The predicted molar refractivity (Wildman–Crippen MR) is 71.6 cm³/mol. The van der Waals surface area contributed by atoms with E-state index in [-0.39, 0.29) is 0 Å². The molecule has 0 unspecified atom stereocenters. The lowest BCUT2D eigenvalue weighted by Crippen LogP contribution is -2.01. The molecule has 2 heterocycles. The van der Waals surface area contributed by atoms with Gasteiger partial charge in [0.05, 0.1) is 17.4 Å². The van der Waals surface area contributed by atoms with Crippen molar-refractivity contribution in [3.05, 3.63) is 42.7 Å². The van der Waals surface area contributed by atoms with Gasteiger partial charge in [0.25, 0.3) is 0 Å². The molecule has 5 heteroatoms. The highest BCUT2D eigenvalue weighted by Crippen LogP contribution is 2.26. The van der Waals surface area contributed by atoms with Crippen molar-refractivity contribution in [2.24, 2.45) is 0 Å². The molecule has 5 nitrogen and oxygen atoms in total. The van der Waals surface area contributed by atoms with Gasteiger partial charge >= 0.3 is 0 Å². The van der Waals surface area contributed by atoms with Crippen LogP contribution < -0.4 is 11.5 Å². The maximum Gasteiger partial charge on any atom is 0.162 e. The fourth-order valence-electron chi connectivity index (χ4n) is 1.83. The fraction of sp³-hybridized carbons (Fsp3) is 0. The summed E-state index contributed by atoms with van der Waals surface area (Å²) in [6, 6.07) is 9.66. The molecule has 0 aliphatic carbocycles. The van der Waals surface area contributed by atoms with E-state index in [4.69, 9.17) is 11.5 Å². The molecular weight excluding hydrogens is 226 g/mol. The molecule has 3 rings (SSSR count). The van der Waals surface area contributed by atoms with Crippen molar-refractivity contribution in [3.8, 4) is 11.4 Å². The third-order valence-electron chi connectivity index (χ3n) is 2.73. The van der Waals surface area contributed by atoms with Crippen molar-refractivity contribution in [3.63, 3.8) is 0 Å². The van der Waals surface area contributed by atoms with Gasteiger partial charge in [-0.25, -0.2) is 9.97 Å². The van der Waals surface area contributed by atoms with Gasteiger partial charge in [-0.2, -0.15) is 0 Å². The van der Waals surface area contributed by atoms with Gasteiger partial charge in [-0.05, 0) is 12.1 Å². The summed E-state index contributed by atoms with van der Waals surface area (Å²) in [5.41, 5.74) is 13.5. The summed E-state index contributed by atoms with van der Waals surface area (Å²) in [6.07, 6.45) is 3.27. The van der Waals surface area contributed by atoms with Gasteiger partial charge in [0.15, 0.2) is 11.6 Å². The van der Waals surface area contributed by atoms with Crippen molar-refractivity contribution in [1.29, 1.82) is 0 Å². The Morgan fingerprint density at radius 3 is 2.67 bits per heavy atom. The second-order valence-electron chi connectivity index (χ2n) is 3.91. The number of aromatic nitrogens is 3. The number of nitrogens with two attached hydrogens (primary N) is 2. The number of nitrogen functional groups attached to an aromatic ring is 2. The van der Waals surface area contributed by atoms with E-state index in [0.29, 0.717) is 17.3 Å². The zero-order valence-electron chi connectivity index (χ0n) is 9.54. The minimum Gasteiger partial charge on any atom is -0.394 e. The molecule has 18 heavy (non-hydrogen) atoms. The molecule has 4 N–H and O–H groups in total. The number of anilines is 2. The summed E-state index contributed by atoms with van der Waals surface area (Å²) in [4.78, 5) is 12.7. The van der Waals surface area contributed by atoms with Gasteiger partial charge in [-0.3, -0.25) is 4.98 Å². The Bertz CT molecular complexity index is 718. The smallest absolute Gasteiger partial charge is 0.162 e. The van der Waals surface area contributed by atoms with Crippen molar-refractivity contribution >= 4 is 22.4 Å². The fourth-order valence-corrected chi connectivity index (χ4v) is 1.83. The summed E-state index contributed by atoms with van der Waals surface area (Å²) in [7, 11) is 0. The molecule has 2 aromatic heterocycles. The van der Waals surface area contributed by atoms with E-state index in [0.717, 1.165) is 16.5 Å². The van der Waals surface area contributed by atoms with E-state index in [1.54, 1.807) is 6.20 Å². The molecule has 0 saturated carbocycles. The Hall–Kier alpha value is -2.69. The minimum absolute atomic E-state index is 0.292. The first-order valence-corrected chi connectivity index (χ1v) is 5.48. The van der Waals surface area contributed by atoms with Crippen LogP contribution in [0.3, 0.4) is 0 Å². The van der Waals surface area contributed by atoms with Crippen LogP contribution in [-0.2, 0) is 0 Å². The molecule has 88 valence electrons. The molecule has 0 aliphatic heterocycles. The van der Waals surface area contributed by atoms with Gasteiger partial charge in [-0.15, -0.1) is 0 Å². The van der Waals surface area contributed by atoms with Gasteiger partial charge in [-0.1, -0.05) is 18.2 Å². The highest BCUT2D eigenvalue weighted by Gasteiger charge is 2.08. The van der Waals surface area contributed by atoms with Crippen LogP contribution in [0, 0.1) is 0 Å². The number of hydrogen-bond donors (Lipinski definition) is 2. The normalized spacial score (nSPS) is 10.7. The van der Waals surface area contributed by atoms with Crippen LogP contribution in [0.4, 0.5) is 11.5 Å². The number of pyridine rings is 1. The largest absolute Gasteiger partial charge is 0.394 e. The molecule has 0 fully saturated rings. The lowest BCUT2D eigenvalue weighted by molar-refractivity contribution is 1.19. The van der Waals surface area contributed by atoms with Crippen LogP contribution >= 0.6 is 0 Å². The molecule has 1 aromatic carbocycles. The van der Waals surface area contributed by atoms with Crippen molar-refractivity contribution in [1.82, 2.24) is 15.0 Å². The van der Waals surface area contributed by atoms with E-state index in [9.17, 15) is 0 Å². The summed E-state index contributed by atoms with van der Waals surface area (Å²) in [5, 5.41) is 0.990. The SMILES string of the molecule is Nc1cnc(-c2cccc3ncccc23)nc1N. The molecule has 0 saturated heterocycles. The van der Waals surface area contributed by atoms with E-state index in [1.165, 1.54) is 6.20 Å². The molecule has 0 atom stereocenters. The third-order valence-corrected chi connectivity index (χ3v) is 2.73. The van der Waals surface area contributed by atoms with E-state index in [1.807, 2.05) is 30.3 Å². The quantitative estimate of drug-likeness (QED) is 0.674. The topological polar surface area (TPSA) is 90.7 Å². The number of nitrogens with zero attached hydrogens (tertiary/aromatic N) is 3. The van der Waals surface area contributed by atoms with Gasteiger partial charge in [0.2, 0.25) is 0 Å². The summed E-state index contributed by atoms with van der Waals surface area (Å²) in [6.45, 7) is 0. The molecule has 0 amide bonds. The standard InChI is InChI=1S/C13H11N5/c14-10-7-17-13(18-12(10)15)9-3-1-5-11-8(9)4-2-6-16-11/h1-7H,14H2,(H2,15,17,18). The van der Waals surface area contributed by atoms with Gasteiger partial charge in [0, 0.05) is 17.1 Å². The third kappa shape index (κ3) is 1.62. The minimum atomic E-state index is 0.292. The molecule has 3 aromatic rings. The highest BCUT2D eigenvalue weighted by atomic mass is 15.0.